The second-order valence-corrected chi connectivity index (χ2v) is 4.22. The van der Waals surface area contributed by atoms with Crippen molar-refractivity contribution in [3.63, 3.8) is 0 Å². The maximum atomic E-state index is 13.2. The molecule has 0 saturated heterocycles. The van der Waals surface area contributed by atoms with E-state index in [0.29, 0.717) is 22.6 Å². The van der Waals surface area contributed by atoms with Crippen LogP contribution >= 0.6 is 11.6 Å². The number of aryl methyl sites for hydroxylation is 1. The number of aromatic nitrogens is 2. The Morgan fingerprint density at radius 2 is 2.00 bits per heavy atom. The lowest BCUT2D eigenvalue weighted by atomic mass is 10.2. The average Bonchev–Trinajstić information content (AvgIpc) is 2.23. The summed E-state index contributed by atoms with van der Waals surface area (Å²) in [5.74, 6) is -0.145. The monoisotopic (exact) mass is 252 g/mol. The molecule has 2 rings (SSSR count). The molecule has 0 spiro atoms. The standard InChI is InChI=1S/C12H10ClFN2O/c1-6-7(2)15-11(16-12(6)17)8-3-9(13)5-10(14)4-8/h3-5H,1-2H3,(H,15,16,17). The number of hydrogen-bond acceptors (Lipinski definition) is 2. The van der Waals surface area contributed by atoms with Crippen molar-refractivity contribution in [1.82, 2.24) is 9.97 Å². The topological polar surface area (TPSA) is 45.8 Å². The van der Waals surface area contributed by atoms with Gasteiger partial charge in [0.25, 0.3) is 5.56 Å². The molecule has 0 radical (unpaired) electrons. The van der Waals surface area contributed by atoms with Crippen molar-refractivity contribution in [2.45, 2.75) is 13.8 Å². The van der Waals surface area contributed by atoms with Crippen molar-refractivity contribution in [2.75, 3.05) is 0 Å². The van der Waals surface area contributed by atoms with E-state index in [2.05, 4.69) is 9.97 Å². The fourth-order valence-corrected chi connectivity index (χ4v) is 1.69. The van der Waals surface area contributed by atoms with Crippen LogP contribution in [-0.2, 0) is 0 Å². The van der Waals surface area contributed by atoms with Crippen LogP contribution < -0.4 is 5.56 Å². The van der Waals surface area contributed by atoms with E-state index in [1.165, 1.54) is 12.1 Å². The molecule has 0 aliphatic heterocycles. The van der Waals surface area contributed by atoms with Crippen molar-refractivity contribution in [2.24, 2.45) is 0 Å². The summed E-state index contributed by atoms with van der Waals surface area (Å²) >= 11 is 5.75. The molecule has 2 aromatic rings. The molecule has 3 nitrogen and oxygen atoms in total. The highest BCUT2D eigenvalue weighted by Crippen LogP contribution is 2.21. The Morgan fingerprint density at radius 1 is 1.29 bits per heavy atom. The molecule has 1 heterocycles. The van der Waals surface area contributed by atoms with Gasteiger partial charge in [-0.1, -0.05) is 11.6 Å². The molecule has 5 heteroatoms. The molecule has 0 aliphatic carbocycles. The number of aromatic amines is 1. The van der Waals surface area contributed by atoms with Crippen LogP contribution in [0.3, 0.4) is 0 Å². The van der Waals surface area contributed by atoms with Gasteiger partial charge in [-0.25, -0.2) is 9.37 Å². The summed E-state index contributed by atoms with van der Waals surface area (Å²) in [6, 6.07) is 4.03. The van der Waals surface area contributed by atoms with E-state index >= 15 is 0 Å². The average molecular weight is 253 g/mol. The summed E-state index contributed by atoms with van der Waals surface area (Å²) in [5, 5.41) is 0.265. The minimum Gasteiger partial charge on any atom is -0.306 e. The fourth-order valence-electron chi connectivity index (χ4n) is 1.47. The first-order chi connectivity index (χ1) is 7.97. The fraction of sp³-hybridized carbons (Fsp3) is 0.167. The zero-order valence-corrected chi connectivity index (χ0v) is 10.1. The third kappa shape index (κ3) is 2.36. The van der Waals surface area contributed by atoms with E-state index in [-0.39, 0.29) is 10.6 Å². The largest absolute Gasteiger partial charge is 0.306 e. The van der Waals surface area contributed by atoms with Gasteiger partial charge in [0, 0.05) is 21.8 Å². The number of rotatable bonds is 1. The Morgan fingerprint density at radius 3 is 2.59 bits per heavy atom. The van der Waals surface area contributed by atoms with Gasteiger partial charge < -0.3 is 4.98 Å². The number of nitrogens with zero attached hydrogens (tertiary/aromatic N) is 1. The number of halogens is 2. The minimum atomic E-state index is -0.464. The van der Waals surface area contributed by atoms with Crippen LogP contribution in [0.25, 0.3) is 11.4 Å². The Labute approximate surface area is 102 Å². The molecule has 88 valence electrons. The highest BCUT2D eigenvalue weighted by atomic mass is 35.5. The third-order valence-electron chi connectivity index (χ3n) is 2.53. The van der Waals surface area contributed by atoms with Crippen LogP contribution in [0, 0.1) is 19.7 Å². The van der Waals surface area contributed by atoms with Crippen LogP contribution in [0.1, 0.15) is 11.3 Å². The van der Waals surface area contributed by atoms with Crippen molar-refractivity contribution in [1.29, 1.82) is 0 Å². The normalized spacial score (nSPS) is 10.6. The van der Waals surface area contributed by atoms with Crippen LogP contribution in [0.2, 0.25) is 5.02 Å². The second kappa shape index (κ2) is 4.30. The summed E-state index contributed by atoms with van der Waals surface area (Å²) < 4.78 is 13.2. The van der Waals surface area contributed by atoms with Crippen LogP contribution in [0.15, 0.2) is 23.0 Å². The van der Waals surface area contributed by atoms with Crippen molar-refractivity contribution in [3.05, 3.63) is 50.7 Å². The number of hydrogen-bond donors (Lipinski definition) is 1. The maximum absolute atomic E-state index is 13.2. The van der Waals surface area contributed by atoms with Gasteiger partial charge in [0.05, 0.1) is 0 Å². The van der Waals surface area contributed by atoms with Gasteiger partial charge in [-0.05, 0) is 32.0 Å². The van der Waals surface area contributed by atoms with Gasteiger partial charge in [0.2, 0.25) is 0 Å². The van der Waals surface area contributed by atoms with Crippen molar-refractivity contribution < 1.29 is 4.39 Å². The van der Waals surface area contributed by atoms with Gasteiger partial charge in [-0.15, -0.1) is 0 Å². The van der Waals surface area contributed by atoms with E-state index in [4.69, 9.17) is 11.6 Å². The van der Waals surface area contributed by atoms with E-state index in [0.717, 1.165) is 0 Å². The highest BCUT2D eigenvalue weighted by Gasteiger charge is 2.07. The first-order valence-corrected chi connectivity index (χ1v) is 5.39. The van der Waals surface area contributed by atoms with Gasteiger partial charge >= 0.3 is 0 Å². The molecule has 1 N–H and O–H groups in total. The molecule has 0 unspecified atom stereocenters. The molecule has 1 aromatic heterocycles. The first-order valence-electron chi connectivity index (χ1n) is 5.01. The number of H-pyrrole nitrogens is 1. The van der Waals surface area contributed by atoms with E-state index in [1.54, 1.807) is 19.9 Å². The Balaban J connectivity index is 2.65. The van der Waals surface area contributed by atoms with Gasteiger partial charge in [0.1, 0.15) is 11.6 Å². The van der Waals surface area contributed by atoms with Crippen molar-refractivity contribution >= 4 is 11.6 Å². The zero-order valence-electron chi connectivity index (χ0n) is 9.34. The predicted octanol–water partition coefficient (Wildman–Crippen LogP) is 2.85. The Bertz CT molecular complexity index is 617. The second-order valence-electron chi connectivity index (χ2n) is 3.78. The van der Waals surface area contributed by atoms with Crippen molar-refractivity contribution in [3.8, 4) is 11.4 Å². The Kier molecular flexibility index (Phi) is 2.98. The lowest BCUT2D eigenvalue weighted by Gasteiger charge is -2.05. The summed E-state index contributed by atoms with van der Waals surface area (Å²) in [5.41, 5.74) is 1.39. The summed E-state index contributed by atoms with van der Waals surface area (Å²) in [6.45, 7) is 3.42. The zero-order chi connectivity index (χ0) is 12.6. The van der Waals surface area contributed by atoms with Gasteiger partial charge in [0.15, 0.2) is 0 Å². The minimum absolute atomic E-state index is 0.229. The van der Waals surface area contributed by atoms with Gasteiger partial charge in [-0.3, -0.25) is 4.79 Å². The molecular weight excluding hydrogens is 243 g/mol. The smallest absolute Gasteiger partial charge is 0.254 e. The SMILES string of the molecule is Cc1nc(-c2cc(F)cc(Cl)c2)[nH]c(=O)c1C. The maximum Gasteiger partial charge on any atom is 0.254 e. The predicted molar refractivity (Wildman–Crippen MR) is 64.7 cm³/mol. The van der Waals surface area contributed by atoms with Crippen LogP contribution in [0.4, 0.5) is 4.39 Å². The molecule has 0 atom stereocenters. The van der Waals surface area contributed by atoms with E-state index in [1.807, 2.05) is 0 Å². The third-order valence-corrected chi connectivity index (χ3v) is 2.75. The lowest BCUT2D eigenvalue weighted by molar-refractivity contribution is 0.628. The quantitative estimate of drug-likeness (QED) is 0.848. The molecule has 0 bridgehead atoms. The molecule has 0 saturated carbocycles. The molecule has 0 fully saturated rings. The molecule has 1 aromatic carbocycles. The molecule has 0 aliphatic rings. The lowest BCUT2D eigenvalue weighted by Crippen LogP contribution is -2.14. The Hall–Kier alpha value is -1.68. The van der Waals surface area contributed by atoms with E-state index < -0.39 is 5.82 Å². The van der Waals surface area contributed by atoms with Crippen LogP contribution in [-0.4, -0.2) is 9.97 Å². The van der Waals surface area contributed by atoms with E-state index in [9.17, 15) is 9.18 Å². The molecule has 17 heavy (non-hydrogen) atoms. The van der Waals surface area contributed by atoms with Gasteiger partial charge in [-0.2, -0.15) is 0 Å². The number of nitrogens with one attached hydrogen (secondary N) is 1. The summed E-state index contributed by atoms with van der Waals surface area (Å²) in [7, 11) is 0. The summed E-state index contributed by atoms with van der Waals surface area (Å²) in [4.78, 5) is 18.4. The first kappa shape index (κ1) is 11.8. The molecular formula is C12H10ClFN2O. The molecule has 0 amide bonds. The highest BCUT2D eigenvalue weighted by molar-refractivity contribution is 6.30. The number of benzene rings is 1. The van der Waals surface area contributed by atoms with Crippen LogP contribution in [0.5, 0.6) is 0 Å². The summed E-state index contributed by atoms with van der Waals surface area (Å²) in [6.07, 6.45) is 0.